The molecule has 0 aliphatic heterocycles. The van der Waals surface area contributed by atoms with Crippen molar-refractivity contribution in [3.05, 3.63) is 116 Å². The van der Waals surface area contributed by atoms with Crippen LogP contribution in [0.15, 0.2) is 82.4 Å². The van der Waals surface area contributed by atoms with Gasteiger partial charge in [0.05, 0.1) is 17.4 Å². The fourth-order valence-corrected chi connectivity index (χ4v) is 3.46. The van der Waals surface area contributed by atoms with E-state index in [4.69, 9.17) is 0 Å². The fraction of sp³-hybridized carbons (Fsp3) is 0.160. The second-order valence-corrected chi connectivity index (χ2v) is 7.56. The molecule has 31 heavy (non-hydrogen) atoms. The monoisotopic (exact) mass is 413 g/mol. The highest BCUT2D eigenvalue weighted by molar-refractivity contribution is 5.94. The van der Waals surface area contributed by atoms with Crippen molar-refractivity contribution in [3.8, 4) is 0 Å². The zero-order valence-electron chi connectivity index (χ0n) is 17.2. The van der Waals surface area contributed by atoms with Crippen LogP contribution in [0.3, 0.4) is 0 Å². The van der Waals surface area contributed by atoms with Gasteiger partial charge in [-0.05, 0) is 48.7 Å². The summed E-state index contributed by atoms with van der Waals surface area (Å²) in [6.45, 7) is 2.72. The number of para-hydroxylation sites is 1. The first kappa shape index (κ1) is 20.3. The molecule has 0 bridgehead atoms. The van der Waals surface area contributed by atoms with E-state index in [1.165, 1.54) is 15.7 Å². The van der Waals surface area contributed by atoms with E-state index in [1.54, 1.807) is 48.5 Å². The molecule has 0 fully saturated rings. The van der Waals surface area contributed by atoms with Gasteiger partial charge in [0.1, 0.15) is 0 Å². The third-order valence-corrected chi connectivity index (χ3v) is 5.27. The third-order valence-electron chi connectivity index (χ3n) is 5.27. The number of hydrogen-bond acceptors (Lipinski definition) is 3. The Morgan fingerprint density at radius 1 is 0.903 bits per heavy atom. The number of H-pyrrole nitrogens is 1. The number of rotatable bonds is 6. The molecule has 1 heterocycles. The van der Waals surface area contributed by atoms with Crippen LogP contribution in [0.4, 0.5) is 0 Å². The Bertz CT molecular complexity index is 1330. The molecule has 1 aromatic heterocycles. The van der Waals surface area contributed by atoms with Gasteiger partial charge in [0.25, 0.3) is 11.5 Å². The van der Waals surface area contributed by atoms with Crippen molar-refractivity contribution in [1.29, 1.82) is 0 Å². The minimum absolute atomic E-state index is 0.133. The second-order valence-electron chi connectivity index (χ2n) is 7.56. The predicted octanol–water partition coefficient (Wildman–Crippen LogP) is 3.02. The Hall–Kier alpha value is -3.93. The first-order chi connectivity index (χ1) is 15.0. The Labute approximate surface area is 179 Å². The number of aryl methyl sites for hydroxylation is 1. The first-order valence-corrected chi connectivity index (χ1v) is 10.2. The molecule has 6 nitrogen and oxygen atoms in total. The molecule has 0 aliphatic carbocycles. The quantitative estimate of drug-likeness (QED) is 0.510. The number of carbonyl (C=O) groups excluding carboxylic acids is 1. The van der Waals surface area contributed by atoms with Gasteiger partial charge in [0, 0.05) is 12.1 Å². The van der Waals surface area contributed by atoms with Gasteiger partial charge in [-0.3, -0.25) is 14.2 Å². The van der Waals surface area contributed by atoms with Crippen molar-refractivity contribution < 1.29 is 4.79 Å². The van der Waals surface area contributed by atoms with Crippen LogP contribution >= 0.6 is 0 Å². The number of benzene rings is 3. The average molecular weight is 413 g/mol. The van der Waals surface area contributed by atoms with E-state index in [0.29, 0.717) is 23.0 Å². The maximum absolute atomic E-state index is 12.7. The van der Waals surface area contributed by atoms with Crippen LogP contribution in [0, 0.1) is 6.92 Å². The summed E-state index contributed by atoms with van der Waals surface area (Å²) in [6.07, 6.45) is 0.762. The topological polar surface area (TPSA) is 84.0 Å². The maximum atomic E-state index is 12.7. The smallest absolute Gasteiger partial charge is 0.329 e. The van der Waals surface area contributed by atoms with Crippen molar-refractivity contribution >= 4 is 16.8 Å². The molecule has 0 radical (unpaired) electrons. The van der Waals surface area contributed by atoms with Crippen LogP contribution in [-0.4, -0.2) is 22.0 Å². The van der Waals surface area contributed by atoms with E-state index in [0.717, 1.165) is 12.0 Å². The average Bonchev–Trinajstić information content (AvgIpc) is 2.78. The summed E-state index contributed by atoms with van der Waals surface area (Å²) < 4.78 is 1.17. The largest absolute Gasteiger partial charge is 0.352 e. The summed E-state index contributed by atoms with van der Waals surface area (Å²) in [7, 11) is 0. The second kappa shape index (κ2) is 8.83. The molecular formula is C25H23N3O3. The number of fused-ring (bicyclic) bond motifs is 1. The molecule has 0 spiro atoms. The Morgan fingerprint density at radius 3 is 2.32 bits per heavy atom. The number of aromatic nitrogens is 2. The number of hydrogen-bond donors (Lipinski definition) is 2. The molecule has 6 heteroatoms. The summed E-state index contributed by atoms with van der Waals surface area (Å²) in [5.41, 5.74) is 3.41. The van der Waals surface area contributed by atoms with Crippen LogP contribution in [0.2, 0.25) is 0 Å². The minimum atomic E-state index is -0.457. The van der Waals surface area contributed by atoms with Gasteiger partial charge in [-0.25, -0.2) is 4.79 Å². The number of carbonyl (C=O) groups is 1. The summed E-state index contributed by atoms with van der Waals surface area (Å²) >= 11 is 0. The van der Waals surface area contributed by atoms with E-state index in [1.807, 2.05) is 6.92 Å². The van der Waals surface area contributed by atoms with Crippen LogP contribution in [0.25, 0.3) is 10.9 Å². The summed E-state index contributed by atoms with van der Waals surface area (Å²) in [4.78, 5) is 40.1. The highest BCUT2D eigenvalue weighted by Crippen LogP contribution is 2.08. The zero-order valence-corrected chi connectivity index (χ0v) is 17.2. The third kappa shape index (κ3) is 4.64. The normalized spacial score (nSPS) is 10.9. The molecule has 1 amide bonds. The lowest BCUT2D eigenvalue weighted by atomic mass is 10.1. The molecule has 0 aliphatic rings. The lowest BCUT2D eigenvalue weighted by Gasteiger charge is -2.08. The summed E-state index contributed by atoms with van der Waals surface area (Å²) in [5, 5.41) is 3.38. The minimum Gasteiger partial charge on any atom is -0.352 e. The zero-order chi connectivity index (χ0) is 21.8. The van der Waals surface area contributed by atoms with Gasteiger partial charge in [0.15, 0.2) is 0 Å². The molecule has 0 saturated heterocycles. The van der Waals surface area contributed by atoms with Crippen LogP contribution in [0.1, 0.15) is 27.0 Å². The van der Waals surface area contributed by atoms with Gasteiger partial charge in [-0.2, -0.15) is 0 Å². The van der Waals surface area contributed by atoms with E-state index >= 15 is 0 Å². The van der Waals surface area contributed by atoms with Gasteiger partial charge in [0.2, 0.25) is 0 Å². The van der Waals surface area contributed by atoms with Gasteiger partial charge < -0.3 is 10.3 Å². The lowest BCUT2D eigenvalue weighted by Crippen LogP contribution is -2.35. The Kier molecular flexibility index (Phi) is 5.80. The molecule has 4 rings (SSSR count). The highest BCUT2D eigenvalue weighted by Gasteiger charge is 2.09. The first-order valence-electron chi connectivity index (χ1n) is 10.2. The number of nitrogens with zero attached hydrogens (tertiary/aromatic N) is 1. The molecular weight excluding hydrogens is 390 g/mol. The molecule has 0 atom stereocenters. The predicted molar refractivity (Wildman–Crippen MR) is 122 cm³/mol. The fourth-order valence-electron chi connectivity index (χ4n) is 3.46. The van der Waals surface area contributed by atoms with Crippen molar-refractivity contribution in [2.75, 3.05) is 6.54 Å². The highest BCUT2D eigenvalue weighted by atomic mass is 16.2. The van der Waals surface area contributed by atoms with Crippen LogP contribution < -0.4 is 16.6 Å². The Balaban J connectivity index is 1.42. The summed E-state index contributed by atoms with van der Waals surface area (Å²) in [6, 6.07) is 22.1. The SMILES string of the molecule is Cc1ccc(CCNC(=O)c2ccc(Cn3c(=O)[nH]c4ccccc4c3=O)cc2)cc1. The van der Waals surface area contributed by atoms with E-state index in [2.05, 4.69) is 34.6 Å². The molecule has 2 N–H and O–H groups in total. The van der Waals surface area contributed by atoms with E-state index < -0.39 is 5.69 Å². The molecule has 3 aromatic carbocycles. The van der Waals surface area contributed by atoms with Crippen molar-refractivity contribution in [3.63, 3.8) is 0 Å². The maximum Gasteiger partial charge on any atom is 0.329 e. The van der Waals surface area contributed by atoms with Gasteiger partial charge >= 0.3 is 5.69 Å². The molecule has 0 unspecified atom stereocenters. The number of nitrogens with one attached hydrogen (secondary N) is 2. The molecule has 0 saturated carbocycles. The number of amides is 1. The van der Waals surface area contributed by atoms with Gasteiger partial charge in [-0.15, -0.1) is 0 Å². The van der Waals surface area contributed by atoms with Crippen LogP contribution in [0.5, 0.6) is 0 Å². The van der Waals surface area contributed by atoms with Crippen molar-refractivity contribution in [2.45, 2.75) is 19.9 Å². The van der Waals surface area contributed by atoms with Crippen molar-refractivity contribution in [2.24, 2.45) is 0 Å². The van der Waals surface area contributed by atoms with Crippen molar-refractivity contribution in [1.82, 2.24) is 14.9 Å². The van der Waals surface area contributed by atoms with Crippen LogP contribution in [-0.2, 0) is 13.0 Å². The van der Waals surface area contributed by atoms with Gasteiger partial charge in [-0.1, -0.05) is 54.1 Å². The van der Waals surface area contributed by atoms with E-state index in [9.17, 15) is 14.4 Å². The molecule has 156 valence electrons. The summed E-state index contributed by atoms with van der Waals surface area (Å²) in [5.74, 6) is -0.153. The Morgan fingerprint density at radius 2 is 1.58 bits per heavy atom. The lowest BCUT2D eigenvalue weighted by molar-refractivity contribution is 0.0954. The molecule has 4 aromatic rings. The van der Waals surface area contributed by atoms with E-state index in [-0.39, 0.29) is 18.0 Å². The standard InChI is InChI=1S/C25H23N3O3/c1-17-6-8-18(9-7-17)14-15-26-23(29)20-12-10-19(11-13-20)16-28-24(30)21-4-2-3-5-22(21)27-25(28)31/h2-13H,14-16H2,1H3,(H,26,29)(H,27,31). The number of aromatic amines is 1.